The van der Waals surface area contributed by atoms with Gasteiger partial charge < -0.3 is 5.32 Å². The predicted molar refractivity (Wildman–Crippen MR) is 110 cm³/mol. The fourth-order valence-electron chi connectivity index (χ4n) is 3.12. The molecule has 0 unspecified atom stereocenters. The molecule has 0 radical (unpaired) electrons. The van der Waals surface area contributed by atoms with Crippen molar-refractivity contribution in [3.63, 3.8) is 0 Å². The van der Waals surface area contributed by atoms with Crippen LogP contribution in [0.5, 0.6) is 0 Å². The van der Waals surface area contributed by atoms with Gasteiger partial charge >= 0.3 is 6.18 Å². The molecule has 164 valence electrons. The van der Waals surface area contributed by atoms with Gasteiger partial charge in [-0.05, 0) is 49.7 Å². The first kappa shape index (κ1) is 22.7. The van der Waals surface area contributed by atoms with Crippen LogP contribution < -0.4 is 10.0 Å². The van der Waals surface area contributed by atoms with Crippen LogP contribution in [0, 0.1) is 6.92 Å². The molecule has 10 heteroatoms. The van der Waals surface area contributed by atoms with E-state index in [9.17, 15) is 26.4 Å². The Morgan fingerprint density at radius 2 is 1.81 bits per heavy atom. The number of sulfonamides is 1. The number of benzene rings is 2. The Hall–Kier alpha value is -2.98. The molecule has 3 rings (SSSR count). The van der Waals surface area contributed by atoms with E-state index in [1.807, 2.05) is 0 Å². The first-order valence-electron chi connectivity index (χ1n) is 9.28. The zero-order valence-corrected chi connectivity index (χ0v) is 17.8. The van der Waals surface area contributed by atoms with E-state index in [0.29, 0.717) is 16.6 Å². The third-order valence-electron chi connectivity index (χ3n) is 4.72. The maximum Gasteiger partial charge on any atom is 0.433 e. The highest BCUT2D eigenvalue weighted by Crippen LogP contribution is 2.29. The number of hydrogen-bond donors (Lipinski definition) is 2. The van der Waals surface area contributed by atoms with Crippen LogP contribution in [0.1, 0.15) is 40.1 Å². The summed E-state index contributed by atoms with van der Waals surface area (Å²) in [6.07, 6.45) is -3.42. The largest absolute Gasteiger partial charge is 0.433 e. The Morgan fingerprint density at radius 1 is 1.10 bits per heavy atom. The number of nitrogens with two attached hydrogens (primary N) is 1. The first-order valence-corrected chi connectivity index (χ1v) is 11.2. The van der Waals surface area contributed by atoms with E-state index in [1.54, 1.807) is 32.0 Å². The number of carbonyl (C=O) groups excluding carboxylic acids is 1. The zero-order chi connectivity index (χ0) is 23.0. The highest BCUT2D eigenvalue weighted by Gasteiger charge is 2.32. The molecule has 0 bridgehead atoms. The summed E-state index contributed by atoms with van der Waals surface area (Å²) in [5.74, 6) is -0.390. The molecule has 0 aliphatic rings. The number of aryl methyl sites for hydroxylation is 1. The second-order valence-electron chi connectivity index (χ2n) is 7.36. The summed E-state index contributed by atoms with van der Waals surface area (Å²) < 4.78 is 62.5. The van der Waals surface area contributed by atoms with Crippen molar-refractivity contribution in [2.75, 3.05) is 6.26 Å². The van der Waals surface area contributed by atoms with Gasteiger partial charge in [0, 0.05) is 22.6 Å². The maximum atomic E-state index is 12.8. The quantitative estimate of drug-likeness (QED) is 0.582. The van der Waals surface area contributed by atoms with E-state index in [0.717, 1.165) is 23.4 Å². The topological polar surface area (TPSA) is 92.7 Å². The summed E-state index contributed by atoms with van der Waals surface area (Å²) in [6, 6.07) is 11.3. The van der Waals surface area contributed by atoms with Crippen LogP contribution >= 0.6 is 0 Å². The number of alkyl halides is 3. The van der Waals surface area contributed by atoms with Gasteiger partial charge in [-0.25, -0.2) is 9.71 Å². The summed E-state index contributed by atoms with van der Waals surface area (Å²) in [5.41, 5.74) is 1.56. The van der Waals surface area contributed by atoms with E-state index >= 15 is 0 Å². The lowest BCUT2D eigenvalue weighted by molar-refractivity contribution is -0.396. The molecule has 3 aromatic rings. The van der Waals surface area contributed by atoms with Crippen molar-refractivity contribution >= 4 is 32.5 Å². The number of amides is 1. The number of fused-ring (bicyclic) bond motifs is 1. The number of hydrogen-bond acceptors (Lipinski definition) is 4. The minimum absolute atomic E-state index is 0.146. The summed E-state index contributed by atoms with van der Waals surface area (Å²) in [7, 11) is -3.28. The Bertz CT molecular complexity index is 1260. The van der Waals surface area contributed by atoms with Crippen LogP contribution in [0.25, 0.3) is 10.9 Å². The Labute approximate surface area is 177 Å². The molecule has 0 aliphatic carbocycles. The molecule has 0 aliphatic heterocycles. The third-order valence-corrected chi connectivity index (χ3v) is 5.41. The lowest BCUT2D eigenvalue weighted by Crippen LogP contribution is -2.81. The number of halogens is 3. The number of quaternary nitrogens is 1. The minimum atomic E-state index is -4.54. The Kier molecular flexibility index (Phi) is 6.06. The van der Waals surface area contributed by atoms with E-state index in [-0.39, 0.29) is 11.6 Å². The number of nitrogens with one attached hydrogen (secondary N) is 1. The minimum Gasteiger partial charge on any atom is -0.346 e. The lowest BCUT2D eigenvalue weighted by Gasteiger charge is -2.16. The van der Waals surface area contributed by atoms with Gasteiger partial charge in [0.05, 0.1) is 17.8 Å². The van der Waals surface area contributed by atoms with Gasteiger partial charge in [0.25, 0.3) is 15.9 Å². The number of primary sulfonamides is 1. The van der Waals surface area contributed by atoms with Gasteiger partial charge in [0.1, 0.15) is 11.4 Å². The fraction of sp³-hybridized carbons (Fsp3) is 0.238. The molecule has 1 aromatic heterocycles. The number of pyridine rings is 1. The molecule has 0 spiro atoms. The highest BCUT2D eigenvalue weighted by atomic mass is 32.2. The monoisotopic (exact) mass is 452 g/mol. The summed E-state index contributed by atoms with van der Waals surface area (Å²) in [5, 5.41) is 3.26. The van der Waals surface area contributed by atoms with Crippen molar-refractivity contribution in [1.29, 1.82) is 0 Å². The summed E-state index contributed by atoms with van der Waals surface area (Å²) in [4.78, 5) is 16.2. The molecule has 2 aromatic carbocycles. The average molecular weight is 452 g/mol. The predicted octanol–water partition coefficient (Wildman–Crippen LogP) is 3.21. The Balaban J connectivity index is 1.77. The van der Waals surface area contributed by atoms with Gasteiger partial charge in [-0.3, -0.25) is 4.79 Å². The molecule has 0 fully saturated rings. The normalized spacial score (nSPS) is 13.2. The van der Waals surface area contributed by atoms with Crippen LogP contribution in [-0.4, -0.2) is 25.6 Å². The number of nitrogens with zero attached hydrogens (tertiary/aromatic N) is 1. The molecular weight excluding hydrogens is 431 g/mol. The molecule has 1 amide bonds. The van der Waals surface area contributed by atoms with E-state index in [4.69, 9.17) is 0 Å². The van der Waals surface area contributed by atoms with Crippen molar-refractivity contribution in [3.8, 4) is 0 Å². The van der Waals surface area contributed by atoms with Crippen molar-refractivity contribution in [2.24, 2.45) is 0 Å². The van der Waals surface area contributed by atoms with Crippen molar-refractivity contribution in [1.82, 2.24) is 10.3 Å². The number of rotatable bonds is 5. The number of aromatic nitrogens is 1. The second kappa shape index (κ2) is 8.27. The van der Waals surface area contributed by atoms with E-state index in [1.165, 1.54) is 29.0 Å². The molecule has 31 heavy (non-hydrogen) atoms. The fourth-order valence-corrected chi connectivity index (χ4v) is 3.84. The maximum absolute atomic E-state index is 12.8. The van der Waals surface area contributed by atoms with Crippen LogP contribution in [0.2, 0.25) is 0 Å². The van der Waals surface area contributed by atoms with Gasteiger partial charge in [-0.2, -0.15) is 21.6 Å². The molecule has 1 atom stereocenters. The van der Waals surface area contributed by atoms with Crippen molar-refractivity contribution in [2.45, 2.75) is 26.1 Å². The van der Waals surface area contributed by atoms with Crippen LogP contribution in [0.3, 0.4) is 0 Å². The zero-order valence-electron chi connectivity index (χ0n) is 17.0. The van der Waals surface area contributed by atoms with Gasteiger partial charge in [0.15, 0.2) is 0 Å². The highest BCUT2D eigenvalue weighted by molar-refractivity contribution is 7.84. The van der Waals surface area contributed by atoms with Crippen LogP contribution in [0.4, 0.5) is 18.9 Å². The van der Waals surface area contributed by atoms with Gasteiger partial charge in [-0.1, -0.05) is 12.1 Å². The average Bonchev–Trinajstić information content (AvgIpc) is 2.66. The Morgan fingerprint density at radius 3 is 2.42 bits per heavy atom. The summed E-state index contributed by atoms with van der Waals surface area (Å²) >= 11 is 0. The molecule has 6 nitrogen and oxygen atoms in total. The molecule has 3 N–H and O–H groups in total. The van der Waals surface area contributed by atoms with Gasteiger partial charge in [0.2, 0.25) is 0 Å². The molecule has 1 heterocycles. The smallest absolute Gasteiger partial charge is 0.346 e. The second-order valence-corrected chi connectivity index (χ2v) is 9.26. The van der Waals surface area contributed by atoms with Crippen LogP contribution in [-0.2, 0) is 16.2 Å². The molecule has 0 saturated carbocycles. The standard InChI is InChI=1S/C21H20F3N3O3S/c1-12-10-14(4-7-17(12)27-31(3,29)30)13(2)25-20(28)16-5-8-18-15(11-16)6-9-19(26-18)21(22,23)24/h4-11,13,27H,1-3H3,(H,25,28)/p+1/t13-/m0/s1. The van der Waals surface area contributed by atoms with E-state index in [2.05, 4.69) is 10.3 Å². The van der Waals surface area contributed by atoms with Crippen LogP contribution in [0.15, 0.2) is 48.5 Å². The molecule has 0 saturated heterocycles. The summed E-state index contributed by atoms with van der Waals surface area (Å²) in [6.45, 7) is 3.56. The first-order chi connectivity index (χ1) is 14.3. The van der Waals surface area contributed by atoms with Gasteiger partial charge in [-0.15, -0.1) is 0 Å². The van der Waals surface area contributed by atoms with E-state index < -0.39 is 27.8 Å². The van der Waals surface area contributed by atoms with Crippen molar-refractivity contribution < 1.29 is 31.1 Å². The van der Waals surface area contributed by atoms with Crippen molar-refractivity contribution in [3.05, 3.63) is 70.9 Å². The SMILES string of the molecule is Cc1cc([C@H](C)NC(=O)c2ccc3nc(C(F)(F)F)ccc3c2)ccc1[NH2+]S(C)(=O)=O. The lowest BCUT2D eigenvalue weighted by atomic mass is 10.0. The number of carbonyl (C=O) groups is 1. The third kappa shape index (κ3) is 5.59. The molecular formula is C21H21F3N3O3S+.